The van der Waals surface area contributed by atoms with Crippen molar-refractivity contribution in [3.8, 4) is 11.3 Å². The molecule has 3 aromatic rings. The first-order chi connectivity index (χ1) is 10.3. The minimum Gasteiger partial charge on any atom is -0.456 e. The average Bonchev–Trinajstić information content (AvgIpc) is 2.93. The summed E-state index contributed by atoms with van der Waals surface area (Å²) in [7, 11) is 0. The molecule has 3 rings (SSSR count). The third-order valence-electron chi connectivity index (χ3n) is 3.77. The molecule has 0 spiro atoms. The van der Waals surface area contributed by atoms with Crippen LogP contribution in [0, 0.1) is 6.92 Å². The Morgan fingerprint density at radius 1 is 1.05 bits per heavy atom. The summed E-state index contributed by atoms with van der Waals surface area (Å²) in [6, 6.07) is 16.9. The second-order valence-electron chi connectivity index (χ2n) is 5.44. The molecule has 1 aromatic heterocycles. The van der Waals surface area contributed by atoms with Crippen LogP contribution >= 0.6 is 0 Å². The molecule has 2 nitrogen and oxygen atoms in total. The zero-order valence-electron chi connectivity index (χ0n) is 12.6. The maximum atomic E-state index is 6.10. The van der Waals surface area contributed by atoms with E-state index in [0.717, 1.165) is 30.9 Å². The SMILES string of the molecule is CCCNCc1ccccc1-c1cc2cccc(C)c2o1. The van der Waals surface area contributed by atoms with Gasteiger partial charge < -0.3 is 9.73 Å². The number of fused-ring (bicyclic) bond motifs is 1. The molecule has 0 aliphatic heterocycles. The van der Waals surface area contributed by atoms with Crippen LogP contribution in [-0.4, -0.2) is 6.54 Å². The molecule has 1 heterocycles. The Balaban J connectivity index is 2.00. The molecule has 0 fully saturated rings. The van der Waals surface area contributed by atoms with Gasteiger partial charge in [0.2, 0.25) is 0 Å². The smallest absolute Gasteiger partial charge is 0.137 e. The maximum Gasteiger partial charge on any atom is 0.137 e. The van der Waals surface area contributed by atoms with Gasteiger partial charge in [-0.1, -0.05) is 49.4 Å². The van der Waals surface area contributed by atoms with Gasteiger partial charge in [-0.25, -0.2) is 0 Å². The van der Waals surface area contributed by atoms with Crippen molar-refractivity contribution in [2.24, 2.45) is 0 Å². The van der Waals surface area contributed by atoms with Crippen molar-refractivity contribution in [3.63, 3.8) is 0 Å². The molecule has 2 aromatic carbocycles. The normalized spacial score (nSPS) is 11.1. The molecule has 21 heavy (non-hydrogen) atoms. The fourth-order valence-corrected chi connectivity index (χ4v) is 2.66. The minimum absolute atomic E-state index is 0.875. The van der Waals surface area contributed by atoms with Crippen molar-refractivity contribution < 1.29 is 4.42 Å². The Kier molecular flexibility index (Phi) is 4.07. The van der Waals surface area contributed by atoms with Crippen LogP contribution in [0.25, 0.3) is 22.3 Å². The van der Waals surface area contributed by atoms with E-state index in [1.54, 1.807) is 0 Å². The molecule has 0 unspecified atom stereocenters. The topological polar surface area (TPSA) is 25.2 Å². The van der Waals surface area contributed by atoms with E-state index in [1.807, 2.05) is 0 Å². The van der Waals surface area contributed by atoms with Gasteiger partial charge in [-0.05, 0) is 37.1 Å². The highest BCUT2D eigenvalue weighted by atomic mass is 16.3. The van der Waals surface area contributed by atoms with Crippen LogP contribution in [0.1, 0.15) is 24.5 Å². The zero-order valence-corrected chi connectivity index (χ0v) is 12.6. The summed E-state index contributed by atoms with van der Waals surface area (Å²) in [6.07, 6.45) is 1.14. The fraction of sp³-hybridized carbons (Fsp3) is 0.263. The number of nitrogens with one attached hydrogen (secondary N) is 1. The van der Waals surface area contributed by atoms with Crippen LogP contribution in [0.5, 0.6) is 0 Å². The third kappa shape index (κ3) is 2.86. The molecule has 108 valence electrons. The standard InChI is InChI=1S/C19H21NO/c1-3-11-20-13-16-8-4-5-10-17(16)18-12-15-9-6-7-14(2)19(15)21-18/h4-10,12,20H,3,11,13H2,1-2H3. The van der Waals surface area contributed by atoms with E-state index in [2.05, 4.69) is 67.7 Å². The first-order valence-electron chi connectivity index (χ1n) is 7.57. The van der Waals surface area contributed by atoms with Crippen molar-refractivity contribution >= 4 is 11.0 Å². The van der Waals surface area contributed by atoms with Gasteiger partial charge in [0.15, 0.2) is 0 Å². The highest BCUT2D eigenvalue weighted by Crippen LogP contribution is 2.31. The molecule has 0 aliphatic carbocycles. The lowest BCUT2D eigenvalue weighted by Crippen LogP contribution is -2.14. The monoisotopic (exact) mass is 279 g/mol. The highest BCUT2D eigenvalue weighted by Gasteiger charge is 2.11. The van der Waals surface area contributed by atoms with E-state index in [-0.39, 0.29) is 0 Å². The summed E-state index contributed by atoms with van der Waals surface area (Å²) in [5.41, 5.74) is 4.63. The van der Waals surface area contributed by atoms with Gasteiger partial charge in [-0.2, -0.15) is 0 Å². The lowest BCUT2D eigenvalue weighted by atomic mass is 10.0. The molecule has 0 aliphatic rings. The van der Waals surface area contributed by atoms with Crippen LogP contribution in [0.3, 0.4) is 0 Å². The van der Waals surface area contributed by atoms with E-state index < -0.39 is 0 Å². The minimum atomic E-state index is 0.875. The quantitative estimate of drug-likeness (QED) is 0.671. The number of aryl methyl sites for hydroxylation is 1. The molecule has 1 N–H and O–H groups in total. The Labute approximate surface area is 125 Å². The van der Waals surface area contributed by atoms with Gasteiger partial charge in [0.05, 0.1) is 0 Å². The summed E-state index contributed by atoms with van der Waals surface area (Å²) in [5.74, 6) is 0.952. The molecule has 0 radical (unpaired) electrons. The molecule has 0 saturated carbocycles. The van der Waals surface area contributed by atoms with E-state index in [4.69, 9.17) is 4.42 Å². The maximum absolute atomic E-state index is 6.10. The van der Waals surface area contributed by atoms with Gasteiger partial charge in [-0.15, -0.1) is 0 Å². The number of furan rings is 1. The summed E-state index contributed by atoms with van der Waals surface area (Å²) >= 11 is 0. The molecule has 0 atom stereocenters. The first-order valence-corrected chi connectivity index (χ1v) is 7.57. The Bertz CT molecular complexity index is 742. The summed E-state index contributed by atoms with van der Waals surface area (Å²) < 4.78 is 6.10. The van der Waals surface area contributed by atoms with Crippen molar-refractivity contribution in [2.75, 3.05) is 6.54 Å². The predicted molar refractivity (Wildman–Crippen MR) is 88.4 cm³/mol. The Morgan fingerprint density at radius 2 is 1.90 bits per heavy atom. The van der Waals surface area contributed by atoms with Gasteiger partial charge in [0, 0.05) is 17.5 Å². The van der Waals surface area contributed by atoms with Crippen LogP contribution < -0.4 is 5.32 Å². The second-order valence-corrected chi connectivity index (χ2v) is 5.44. The molecule has 2 heteroatoms. The van der Waals surface area contributed by atoms with Gasteiger partial charge in [-0.3, -0.25) is 0 Å². The van der Waals surface area contributed by atoms with Gasteiger partial charge in [0.1, 0.15) is 11.3 Å². The molecule has 0 amide bonds. The van der Waals surface area contributed by atoms with E-state index in [0.29, 0.717) is 0 Å². The Hall–Kier alpha value is -2.06. The van der Waals surface area contributed by atoms with Crippen molar-refractivity contribution in [1.82, 2.24) is 5.32 Å². The van der Waals surface area contributed by atoms with Crippen LogP contribution in [0.4, 0.5) is 0 Å². The number of rotatable bonds is 5. The number of para-hydroxylation sites is 1. The average molecular weight is 279 g/mol. The third-order valence-corrected chi connectivity index (χ3v) is 3.77. The fourth-order valence-electron chi connectivity index (χ4n) is 2.66. The lowest BCUT2D eigenvalue weighted by molar-refractivity contribution is 0.625. The summed E-state index contributed by atoms with van der Waals surface area (Å²) in [5, 5.41) is 4.63. The number of hydrogen-bond acceptors (Lipinski definition) is 2. The lowest BCUT2D eigenvalue weighted by Gasteiger charge is -2.08. The van der Waals surface area contributed by atoms with E-state index in [1.165, 1.54) is 22.1 Å². The van der Waals surface area contributed by atoms with Gasteiger partial charge in [0.25, 0.3) is 0 Å². The summed E-state index contributed by atoms with van der Waals surface area (Å²) in [6.45, 7) is 6.18. The van der Waals surface area contributed by atoms with Crippen LogP contribution in [-0.2, 0) is 6.54 Å². The Morgan fingerprint density at radius 3 is 2.71 bits per heavy atom. The van der Waals surface area contributed by atoms with Crippen molar-refractivity contribution in [3.05, 3.63) is 59.7 Å². The van der Waals surface area contributed by atoms with E-state index in [9.17, 15) is 0 Å². The first kappa shape index (κ1) is 13.9. The van der Waals surface area contributed by atoms with E-state index >= 15 is 0 Å². The molecule has 0 saturated heterocycles. The highest BCUT2D eigenvalue weighted by molar-refractivity contribution is 5.85. The van der Waals surface area contributed by atoms with Crippen LogP contribution in [0.2, 0.25) is 0 Å². The summed E-state index contributed by atoms with van der Waals surface area (Å²) in [4.78, 5) is 0. The van der Waals surface area contributed by atoms with Crippen molar-refractivity contribution in [1.29, 1.82) is 0 Å². The predicted octanol–water partition coefficient (Wildman–Crippen LogP) is 4.91. The van der Waals surface area contributed by atoms with Crippen LogP contribution in [0.15, 0.2) is 52.9 Å². The molecular formula is C19H21NO. The van der Waals surface area contributed by atoms with Crippen molar-refractivity contribution in [2.45, 2.75) is 26.8 Å². The van der Waals surface area contributed by atoms with Gasteiger partial charge >= 0.3 is 0 Å². The molecular weight excluding hydrogens is 258 g/mol. The second kappa shape index (κ2) is 6.15. The molecule has 0 bridgehead atoms. The number of hydrogen-bond donors (Lipinski definition) is 1. The zero-order chi connectivity index (χ0) is 14.7. The largest absolute Gasteiger partial charge is 0.456 e. The number of benzene rings is 2.